The van der Waals surface area contributed by atoms with Crippen LogP contribution in [-0.4, -0.2) is 49.0 Å². The van der Waals surface area contributed by atoms with Gasteiger partial charge >= 0.3 is 0 Å². The van der Waals surface area contributed by atoms with Crippen molar-refractivity contribution in [2.45, 2.75) is 33.2 Å². The highest BCUT2D eigenvalue weighted by molar-refractivity contribution is 5.95. The average Bonchev–Trinajstić information content (AvgIpc) is 3.54. The fourth-order valence-corrected chi connectivity index (χ4v) is 4.15. The van der Waals surface area contributed by atoms with E-state index in [1.165, 1.54) is 4.68 Å². The van der Waals surface area contributed by atoms with Crippen LogP contribution in [0.15, 0.2) is 59.7 Å². The van der Waals surface area contributed by atoms with Crippen LogP contribution in [0.5, 0.6) is 0 Å². The van der Waals surface area contributed by atoms with Gasteiger partial charge in [-0.15, -0.1) is 5.10 Å². The number of nitrogens with one attached hydrogen (secondary N) is 1. The molecule has 1 saturated heterocycles. The Bertz CT molecular complexity index is 1320. The third kappa shape index (κ3) is 4.13. The molecule has 0 unspecified atom stereocenters. The van der Waals surface area contributed by atoms with Crippen molar-refractivity contribution in [3.63, 3.8) is 0 Å². The Kier molecular flexibility index (Phi) is 6.30. The molecule has 4 heterocycles. The first-order valence-corrected chi connectivity index (χ1v) is 11.2. The summed E-state index contributed by atoms with van der Waals surface area (Å²) < 4.78 is 4.98. The summed E-state index contributed by atoms with van der Waals surface area (Å²) in [7, 11) is 1.79. The Hall–Kier alpha value is -3.88. The molecule has 1 aliphatic rings. The Morgan fingerprint density at radius 3 is 2.64 bits per heavy atom. The van der Waals surface area contributed by atoms with E-state index in [1.807, 2.05) is 62.5 Å². The van der Waals surface area contributed by atoms with Gasteiger partial charge in [0.1, 0.15) is 11.4 Å². The summed E-state index contributed by atoms with van der Waals surface area (Å²) >= 11 is 0. The second kappa shape index (κ2) is 9.32. The summed E-state index contributed by atoms with van der Waals surface area (Å²) in [5.41, 5.74) is 2.02. The van der Waals surface area contributed by atoms with E-state index >= 15 is 0 Å². The molecule has 5 rings (SSSR count). The van der Waals surface area contributed by atoms with Crippen LogP contribution in [0.25, 0.3) is 11.3 Å². The predicted molar refractivity (Wildman–Crippen MR) is 128 cm³/mol. The third-order valence-electron chi connectivity index (χ3n) is 5.87. The predicted octanol–water partition coefficient (Wildman–Crippen LogP) is 2.56. The van der Waals surface area contributed by atoms with Gasteiger partial charge in [0, 0.05) is 38.6 Å². The average molecular weight is 448 g/mol. The first-order valence-electron chi connectivity index (χ1n) is 11.2. The van der Waals surface area contributed by atoms with Crippen LogP contribution < -0.4 is 15.8 Å². The first-order chi connectivity index (χ1) is 16.0. The number of anilines is 1. The summed E-state index contributed by atoms with van der Waals surface area (Å²) in [5, 5.41) is 7.62. The number of aromatic nitrogens is 5. The number of benzene rings is 1. The lowest BCUT2D eigenvalue weighted by Gasteiger charge is -2.17. The fraction of sp³-hybridized carbons (Fsp3) is 0.333. The van der Waals surface area contributed by atoms with Crippen molar-refractivity contribution < 1.29 is 4.79 Å². The molecule has 3 aromatic heterocycles. The van der Waals surface area contributed by atoms with Crippen LogP contribution in [0.1, 0.15) is 36.3 Å². The molecule has 1 amide bonds. The largest absolute Gasteiger partial charge is 0.353 e. The highest BCUT2D eigenvalue weighted by Gasteiger charge is 2.28. The molecule has 0 spiro atoms. The number of fused-ring (bicyclic) bond motifs is 1. The molecule has 1 aromatic carbocycles. The maximum atomic E-state index is 13.1. The Labute approximate surface area is 192 Å². The smallest absolute Gasteiger partial charge is 0.284 e. The van der Waals surface area contributed by atoms with Gasteiger partial charge in [0.05, 0.1) is 11.4 Å². The van der Waals surface area contributed by atoms with E-state index < -0.39 is 0 Å². The molecule has 4 aromatic rings. The quantitative estimate of drug-likeness (QED) is 0.519. The summed E-state index contributed by atoms with van der Waals surface area (Å²) in [6.45, 7) is 7.21. The Morgan fingerprint density at radius 2 is 1.88 bits per heavy atom. The van der Waals surface area contributed by atoms with Gasteiger partial charge in [0.2, 0.25) is 0 Å². The van der Waals surface area contributed by atoms with Crippen LogP contribution in [0, 0.1) is 6.92 Å². The molecule has 172 valence electrons. The van der Waals surface area contributed by atoms with Gasteiger partial charge in [0.15, 0.2) is 5.65 Å². The minimum atomic E-state index is -0.336. The highest BCUT2D eigenvalue weighted by Crippen LogP contribution is 2.19. The second-order valence-electron chi connectivity index (χ2n) is 7.76. The van der Waals surface area contributed by atoms with Crippen LogP contribution in [0.3, 0.4) is 0 Å². The van der Waals surface area contributed by atoms with Gasteiger partial charge < -0.3 is 10.2 Å². The number of hydrogen-bond acceptors (Lipinski definition) is 5. The lowest BCUT2D eigenvalue weighted by Crippen LogP contribution is -2.39. The summed E-state index contributed by atoms with van der Waals surface area (Å²) in [4.78, 5) is 32.4. The third-order valence-corrected chi connectivity index (χ3v) is 5.87. The van der Waals surface area contributed by atoms with Gasteiger partial charge in [-0.25, -0.2) is 14.2 Å². The van der Waals surface area contributed by atoms with Crippen LogP contribution >= 0.6 is 0 Å². The molecule has 1 aliphatic heterocycles. The molecular formula is C24H29N7O2. The first kappa shape index (κ1) is 22.3. The molecule has 1 atom stereocenters. The van der Waals surface area contributed by atoms with E-state index in [2.05, 4.69) is 20.3 Å². The number of imidazole rings is 1. The molecule has 9 heteroatoms. The molecule has 0 radical (unpaired) electrons. The van der Waals surface area contributed by atoms with Crippen LogP contribution in [0.2, 0.25) is 0 Å². The van der Waals surface area contributed by atoms with Gasteiger partial charge in [-0.3, -0.25) is 14.3 Å². The number of para-hydroxylation sites is 1. The van der Waals surface area contributed by atoms with E-state index in [0.29, 0.717) is 12.2 Å². The van der Waals surface area contributed by atoms with E-state index in [1.54, 1.807) is 29.4 Å². The Morgan fingerprint density at radius 1 is 1.12 bits per heavy atom. The van der Waals surface area contributed by atoms with Crippen molar-refractivity contribution in [3.8, 4) is 5.69 Å². The summed E-state index contributed by atoms with van der Waals surface area (Å²) in [6.07, 6.45) is 4.31. The van der Waals surface area contributed by atoms with Crippen molar-refractivity contribution in [1.29, 1.82) is 0 Å². The van der Waals surface area contributed by atoms with Gasteiger partial charge in [-0.1, -0.05) is 32.0 Å². The van der Waals surface area contributed by atoms with Crippen molar-refractivity contribution in [2.75, 3.05) is 18.0 Å². The fourth-order valence-electron chi connectivity index (χ4n) is 4.15. The number of rotatable bonds is 4. The van der Waals surface area contributed by atoms with E-state index in [0.717, 1.165) is 30.1 Å². The number of nitrogens with zero attached hydrogens (tertiary/aromatic N) is 6. The number of carbonyl (C=O) groups is 1. The molecule has 33 heavy (non-hydrogen) atoms. The van der Waals surface area contributed by atoms with E-state index in [4.69, 9.17) is 0 Å². The monoisotopic (exact) mass is 447 g/mol. The van der Waals surface area contributed by atoms with E-state index in [-0.39, 0.29) is 23.1 Å². The molecule has 0 bridgehead atoms. The second-order valence-corrected chi connectivity index (χ2v) is 7.76. The SMILES string of the molecule is CC.Cc1c(C(=O)N[C@H]2CCN(c3ccc4nccn4n3)C2)c(=O)n(-c2ccccc2)n1C. The highest BCUT2D eigenvalue weighted by atomic mass is 16.2. The molecule has 0 aliphatic carbocycles. The topological polar surface area (TPSA) is 89.5 Å². The molecular weight excluding hydrogens is 418 g/mol. The number of hydrogen-bond donors (Lipinski definition) is 1. The Balaban J connectivity index is 0.00000126. The number of amides is 1. The van der Waals surface area contributed by atoms with Gasteiger partial charge in [-0.05, 0) is 37.6 Å². The minimum Gasteiger partial charge on any atom is -0.353 e. The summed E-state index contributed by atoms with van der Waals surface area (Å²) in [5.74, 6) is 0.502. The molecule has 1 fully saturated rings. The van der Waals surface area contributed by atoms with Crippen LogP contribution in [-0.2, 0) is 7.05 Å². The number of carbonyl (C=O) groups excluding carboxylic acids is 1. The normalized spacial score (nSPS) is 15.4. The maximum absolute atomic E-state index is 13.1. The van der Waals surface area contributed by atoms with Crippen molar-refractivity contribution in [3.05, 3.63) is 76.5 Å². The van der Waals surface area contributed by atoms with Gasteiger partial charge in [-0.2, -0.15) is 0 Å². The van der Waals surface area contributed by atoms with Crippen molar-refractivity contribution in [1.82, 2.24) is 29.3 Å². The van der Waals surface area contributed by atoms with E-state index in [9.17, 15) is 9.59 Å². The van der Waals surface area contributed by atoms with Crippen molar-refractivity contribution >= 4 is 17.4 Å². The zero-order valence-corrected chi connectivity index (χ0v) is 19.4. The molecule has 0 saturated carbocycles. The lowest BCUT2D eigenvalue weighted by atomic mass is 10.2. The zero-order chi connectivity index (χ0) is 23.5. The molecule has 9 nitrogen and oxygen atoms in total. The standard InChI is InChI=1S/C22H23N7O2.C2H6/c1-15-20(22(31)29(26(15)2)17-6-4-3-5-7-17)21(30)24-16-10-12-27(14-16)19-9-8-18-23-11-13-28(18)25-19;1-2/h3-9,11,13,16H,10,12,14H2,1-2H3,(H,24,30);1-2H3/t16-;/m0./s1. The molecule has 1 N–H and O–H groups in total. The van der Waals surface area contributed by atoms with Crippen molar-refractivity contribution in [2.24, 2.45) is 7.05 Å². The van der Waals surface area contributed by atoms with Crippen LogP contribution in [0.4, 0.5) is 5.82 Å². The minimum absolute atomic E-state index is 0.0584. The van der Waals surface area contributed by atoms with Gasteiger partial charge in [0.25, 0.3) is 11.5 Å². The summed E-state index contributed by atoms with van der Waals surface area (Å²) in [6, 6.07) is 13.1. The lowest BCUT2D eigenvalue weighted by molar-refractivity contribution is 0.0938. The zero-order valence-electron chi connectivity index (χ0n) is 19.4. The maximum Gasteiger partial charge on any atom is 0.284 e.